The summed E-state index contributed by atoms with van der Waals surface area (Å²) in [7, 11) is 0. The first-order chi connectivity index (χ1) is 18.9. The minimum absolute atomic E-state index is 0.237. The third-order valence-corrected chi connectivity index (χ3v) is 7.80. The summed E-state index contributed by atoms with van der Waals surface area (Å²) in [6.45, 7) is 1.69. The number of hydrogen-bond donors (Lipinski definition) is 3. The molecule has 0 bridgehead atoms. The molecule has 1 unspecified atom stereocenters. The van der Waals surface area contributed by atoms with E-state index in [0.29, 0.717) is 23.0 Å². The zero-order chi connectivity index (χ0) is 27.9. The minimum Gasteiger partial charge on any atom is -0.375 e. The molecule has 2 aliphatic carbocycles. The number of fused-ring (bicyclic) bond motifs is 2. The van der Waals surface area contributed by atoms with Gasteiger partial charge in [-0.2, -0.15) is 0 Å². The summed E-state index contributed by atoms with van der Waals surface area (Å²) < 4.78 is 28.8. The van der Waals surface area contributed by atoms with Crippen molar-refractivity contribution in [2.24, 2.45) is 17.4 Å². The topological polar surface area (TPSA) is 121 Å². The van der Waals surface area contributed by atoms with Crippen LogP contribution in [0.4, 0.5) is 13.9 Å². The van der Waals surface area contributed by atoms with Crippen LogP contribution in [0.2, 0.25) is 0 Å². The summed E-state index contributed by atoms with van der Waals surface area (Å²) in [6, 6.07) is 14.6. The molecule has 2 aromatic heterocycles. The Bertz CT molecular complexity index is 1510. The summed E-state index contributed by atoms with van der Waals surface area (Å²) >= 11 is 1.31. The Morgan fingerprint density at radius 2 is 1.77 bits per heavy atom. The maximum atomic E-state index is 14.5. The highest BCUT2D eigenvalue weighted by Gasteiger charge is 2.37. The average molecular weight is 548 g/mol. The predicted octanol–water partition coefficient (Wildman–Crippen LogP) is 5.47. The second kappa shape index (κ2) is 12.7. The van der Waals surface area contributed by atoms with E-state index in [1.807, 2.05) is 18.2 Å². The number of thiazole rings is 1. The van der Waals surface area contributed by atoms with Crippen molar-refractivity contribution in [3.8, 4) is 23.2 Å². The molecule has 6 N–H and O–H groups in total. The Labute approximate surface area is 230 Å². The fourth-order valence-corrected chi connectivity index (χ4v) is 5.95. The molecule has 202 valence electrons. The number of carbonyl (C=O) groups excluding carboxylic acids is 1. The highest BCUT2D eigenvalue weighted by Crippen LogP contribution is 2.51. The summed E-state index contributed by atoms with van der Waals surface area (Å²) in [5.74, 6) is 3.30. The van der Waals surface area contributed by atoms with Crippen molar-refractivity contribution in [1.29, 1.82) is 0 Å². The molecule has 4 aromatic rings. The molecule has 39 heavy (non-hydrogen) atoms. The van der Waals surface area contributed by atoms with Gasteiger partial charge in [-0.25, -0.2) is 13.8 Å². The first-order valence-electron chi connectivity index (χ1n) is 12.8. The fraction of sp³-hybridized carbons (Fsp3) is 0.300. The number of rotatable bonds is 5. The maximum absolute atomic E-state index is 14.5. The van der Waals surface area contributed by atoms with Gasteiger partial charge in [0, 0.05) is 17.3 Å². The molecule has 2 aromatic carbocycles. The molecule has 0 aliphatic heterocycles. The Hall–Kier alpha value is -4.03. The van der Waals surface area contributed by atoms with E-state index < -0.39 is 0 Å². The van der Waals surface area contributed by atoms with Gasteiger partial charge in [-0.05, 0) is 116 Å². The van der Waals surface area contributed by atoms with E-state index in [-0.39, 0.29) is 18.0 Å². The van der Waals surface area contributed by atoms with E-state index in [1.165, 1.54) is 53.9 Å². The highest BCUT2D eigenvalue weighted by molar-refractivity contribution is 7.22. The van der Waals surface area contributed by atoms with Crippen molar-refractivity contribution >= 4 is 33.1 Å². The van der Waals surface area contributed by atoms with Gasteiger partial charge in [0.1, 0.15) is 11.3 Å². The molecule has 1 atom stereocenters. The van der Waals surface area contributed by atoms with Gasteiger partial charge in [-0.3, -0.25) is 9.78 Å². The SMILES string of the molecule is CC#CN.NC=O.Nc1nc2c(F)cc(CCc3cc4c(c(-c5ccc(F)cc5)n3)CCC4C3CC3)cc2s1. The lowest BCUT2D eigenvalue weighted by molar-refractivity contribution is -0.106. The second-order valence-corrected chi connectivity index (χ2v) is 10.6. The monoisotopic (exact) mass is 547 g/mol. The number of primary amides is 1. The molecule has 2 heterocycles. The van der Waals surface area contributed by atoms with E-state index in [2.05, 4.69) is 34.5 Å². The lowest BCUT2D eigenvalue weighted by Gasteiger charge is -2.15. The Kier molecular flexibility index (Phi) is 9.10. The Morgan fingerprint density at radius 3 is 2.41 bits per heavy atom. The van der Waals surface area contributed by atoms with E-state index in [0.717, 1.165) is 46.0 Å². The number of nitrogens with zero attached hydrogens (tertiary/aromatic N) is 2. The predicted molar refractivity (Wildman–Crippen MR) is 153 cm³/mol. The van der Waals surface area contributed by atoms with Gasteiger partial charge < -0.3 is 17.2 Å². The standard InChI is InChI=1S/C26H23F2N3S.C3H5N.CH3NO/c27-17-6-4-16(5-7-17)24-20-10-9-19(15-2-3-15)21(20)13-18(30-24)8-1-14-11-22(28)25-23(12-14)32-26(29)31-25;1-2-3-4;2-1-3/h4-7,11-13,15,19H,1-3,8-10H2,(H2,29,31);4H2,1H3;1H,(H2,2,3). The number of amides is 1. The van der Waals surface area contributed by atoms with E-state index >= 15 is 0 Å². The number of nitrogen functional groups attached to an aromatic ring is 1. The van der Waals surface area contributed by atoms with E-state index in [4.69, 9.17) is 15.5 Å². The van der Waals surface area contributed by atoms with Gasteiger partial charge in [0.25, 0.3) is 0 Å². The van der Waals surface area contributed by atoms with Crippen LogP contribution >= 0.6 is 11.3 Å². The number of benzene rings is 2. The van der Waals surface area contributed by atoms with Crippen molar-refractivity contribution in [2.45, 2.75) is 51.4 Å². The van der Waals surface area contributed by atoms with Crippen molar-refractivity contribution in [3.63, 3.8) is 0 Å². The second-order valence-electron chi connectivity index (χ2n) is 9.53. The van der Waals surface area contributed by atoms with Gasteiger partial charge in [-0.15, -0.1) is 0 Å². The van der Waals surface area contributed by atoms with Gasteiger partial charge in [0.05, 0.1) is 10.4 Å². The zero-order valence-corrected chi connectivity index (χ0v) is 22.5. The summed E-state index contributed by atoms with van der Waals surface area (Å²) in [5, 5.41) is 0.381. The molecule has 0 radical (unpaired) electrons. The van der Waals surface area contributed by atoms with Gasteiger partial charge in [-0.1, -0.05) is 17.3 Å². The van der Waals surface area contributed by atoms with Crippen LogP contribution in [0.3, 0.4) is 0 Å². The van der Waals surface area contributed by atoms with Crippen LogP contribution in [0.5, 0.6) is 0 Å². The summed E-state index contributed by atoms with van der Waals surface area (Å²) in [6.07, 6.45) is 6.49. The number of carbonyl (C=O) groups is 1. The van der Waals surface area contributed by atoms with Crippen molar-refractivity contribution < 1.29 is 13.6 Å². The number of aromatic nitrogens is 2. The van der Waals surface area contributed by atoms with Crippen LogP contribution in [-0.2, 0) is 24.1 Å². The number of halogens is 2. The zero-order valence-electron chi connectivity index (χ0n) is 21.7. The molecule has 0 saturated heterocycles. The third kappa shape index (κ3) is 6.70. The Balaban J connectivity index is 0.000000456. The largest absolute Gasteiger partial charge is 0.375 e. The van der Waals surface area contributed by atoms with Gasteiger partial charge >= 0.3 is 0 Å². The smallest absolute Gasteiger partial charge is 0.204 e. The van der Waals surface area contributed by atoms with Crippen molar-refractivity contribution in [3.05, 3.63) is 76.5 Å². The van der Waals surface area contributed by atoms with Crippen LogP contribution in [0.15, 0.2) is 42.5 Å². The first-order valence-corrected chi connectivity index (χ1v) is 13.6. The third-order valence-electron chi connectivity index (χ3n) is 6.96. The Morgan fingerprint density at radius 1 is 1.08 bits per heavy atom. The number of aryl methyl sites for hydroxylation is 2. The normalized spacial score (nSPS) is 15.2. The molecule has 9 heteroatoms. The van der Waals surface area contributed by atoms with Crippen molar-refractivity contribution in [1.82, 2.24) is 9.97 Å². The van der Waals surface area contributed by atoms with Crippen LogP contribution in [-0.4, -0.2) is 16.4 Å². The molecule has 6 rings (SSSR count). The van der Waals surface area contributed by atoms with Crippen LogP contribution in [0, 0.1) is 29.5 Å². The molecule has 6 nitrogen and oxygen atoms in total. The van der Waals surface area contributed by atoms with Gasteiger partial charge in [0.2, 0.25) is 6.41 Å². The first kappa shape index (κ1) is 28.0. The number of nitrogens with two attached hydrogens (primary N) is 3. The van der Waals surface area contributed by atoms with Gasteiger partial charge in [0.15, 0.2) is 10.9 Å². The van der Waals surface area contributed by atoms with Crippen LogP contribution in [0.1, 0.15) is 54.5 Å². The number of hydrogen-bond acceptors (Lipinski definition) is 6. The average Bonchev–Trinajstić information content (AvgIpc) is 3.56. The van der Waals surface area contributed by atoms with Crippen LogP contribution < -0.4 is 17.2 Å². The molecule has 1 fully saturated rings. The molecule has 1 saturated carbocycles. The molecule has 2 aliphatic rings. The summed E-state index contributed by atoms with van der Waals surface area (Å²) in [4.78, 5) is 17.7. The fourth-order valence-electron chi connectivity index (χ4n) is 5.13. The van der Waals surface area contributed by atoms with Crippen LogP contribution in [0.25, 0.3) is 21.5 Å². The highest BCUT2D eigenvalue weighted by atomic mass is 32.1. The minimum atomic E-state index is -0.326. The number of anilines is 1. The van der Waals surface area contributed by atoms with E-state index in [9.17, 15) is 8.78 Å². The molecular formula is C30H31F2N5OS. The molecule has 1 amide bonds. The lowest BCUT2D eigenvalue weighted by Crippen LogP contribution is -2.03. The lowest BCUT2D eigenvalue weighted by atomic mass is 9.93. The molecular weight excluding hydrogens is 516 g/mol. The maximum Gasteiger partial charge on any atom is 0.204 e. The quantitative estimate of drug-likeness (QED) is 0.174. The summed E-state index contributed by atoms with van der Waals surface area (Å²) in [5.41, 5.74) is 21.6. The van der Waals surface area contributed by atoms with E-state index in [1.54, 1.807) is 13.0 Å². The number of pyridine rings is 1. The molecule has 0 spiro atoms. The van der Waals surface area contributed by atoms with Crippen molar-refractivity contribution in [2.75, 3.05) is 5.73 Å².